The molecule has 0 spiro atoms. The van der Waals surface area contributed by atoms with E-state index in [1.165, 1.54) is 4.88 Å². The Morgan fingerprint density at radius 2 is 2.41 bits per heavy atom. The van der Waals surface area contributed by atoms with Crippen LogP contribution in [0.15, 0.2) is 34.4 Å². The third kappa shape index (κ3) is 3.21. The highest BCUT2D eigenvalue weighted by molar-refractivity contribution is 9.10. The zero-order chi connectivity index (χ0) is 12.3. The Hall–Kier alpha value is -0.580. The van der Waals surface area contributed by atoms with Crippen LogP contribution in [0.4, 0.5) is 5.69 Å². The molecule has 5 heteroatoms. The number of aromatic nitrogens is 1. The first-order valence-corrected chi connectivity index (χ1v) is 7.36. The number of thiophene rings is 1. The highest BCUT2D eigenvalue weighted by Gasteiger charge is 2.12. The average Bonchev–Trinajstić information content (AvgIpc) is 2.84. The van der Waals surface area contributed by atoms with Crippen LogP contribution in [0.1, 0.15) is 24.3 Å². The van der Waals surface area contributed by atoms with Crippen LogP contribution in [0, 0.1) is 0 Å². The summed E-state index contributed by atoms with van der Waals surface area (Å²) in [5.41, 5.74) is 0.928. The van der Waals surface area contributed by atoms with Crippen LogP contribution in [0.2, 0.25) is 5.02 Å². The molecule has 0 saturated heterocycles. The molecule has 1 atom stereocenters. The van der Waals surface area contributed by atoms with E-state index in [1.807, 2.05) is 6.07 Å². The second-order valence-corrected chi connectivity index (χ2v) is 5.78. The third-order valence-corrected chi connectivity index (χ3v) is 4.25. The summed E-state index contributed by atoms with van der Waals surface area (Å²) in [5.74, 6) is 0. The first kappa shape index (κ1) is 12.9. The van der Waals surface area contributed by atoms with Gasteiger partial charge in [-0.25, -0.2) is 4.98 Å². The van der Waals surface area contributed by atoms with E-state index < -0.39 is 0 Å². The van der Waals surface area contributed by atoms with Gasteiger partial charge in [-0.05, 0) is 39.9 Å². The van der Waals surface area contributed by atoms with E-state index in [9.17, 15) is 0 Å². The van der Waals surface area contributed by atoms with E-state index in [4.69, 9.17) is 11.6 Å². The van der Waals surface area contributed by atoms with Crippen molar-refractivity contribution in [3.63, 3.8) is 0 Å². The van der Waals surface area contributed by atoms with Gasteiger partial charge < -0.3 is 5.32 Å². The van der Waals surface area contributed by atoms with Crippen molar-refractivity contribution in [3.05, 3.63) is 44.3 Å². The summed E-state index contributed by atoms with van der Waals surface area (Å²) < 4.78 is 0.789. The van der Waals surface area contributed by atoms with Crippen molar-refractivity contribution < 1.29 is 0 Å². The molecule has 2 aromatic heterocycles. The smallest absolute Gasteiger partial charge is 0.129 e. The van der Waals surface area contributed by atoms with Gasteiger partial charge in [0, 0.05) is 11.1 Å². The molecule has 0 bridgehead atoms. The van der Waals surface area contributed by atoms with E-state index in [2.05, 4.69) is 50.7 Å². The number of nitrogens with one attached hydrogen (secondary N) is 1. The molecule has 0 aliphatic carbocycles. The lowest BCUT2D eigenvalue weighted by molar-refractivity contribution is 0.762. The van der Waals surface area contributed by atoms with Crippen LogP contribution < -0.4 is 5.32 Å². The fourth-order valence-electron chi connectivity index (χ4n) is 1.58. The second-order valence-electron chi connectivity index (χ2n) is 3.61. The number of pyridine rings is 1. The molecule has 2 aromatic rings. The van der Waals surface area contributed by atoms with E-state index in [0.29, 0.717) is 11.1 Å². The molecule has 0 aliphatic heterocycles. The van der Waals surface area contributed by atoms with Gasteiger partial charge in [-0.3, -0.25) is 0 Å². The second kappa shape index (κ2) is 5.85. The molecule has 0 aromatic carbocycles. The van der Waals surface area contributed by atoms with Gasteiger partial charge in [0.15, 0.2) is 0 Å². The molecular weight excluding hydrogens is 320 g/mol. The number of hydrogen-bond acceptors (Lipinski definition) is 3. The number of anilines is 1. The minimum absolute atomic E-state index is 0.298. The van der Waals surface area contributed by atoms with Crippen molar-refractivity contribution >= 4 is 44.6 Å². The summed E-state index contributed by atoms with van der Waals surface area (Å²) in [6.45, 7) is 2.16. The largest absolute Gasteiger partial charge is 0.375 e. The maximum atomic E-state index is 5.95. The lowest BCUT2D eigenvalue weighted by atomic mass is 10.2. The van der Waals surface area contributed by atoms with Gasteiger partial charge in [-0.2, -0.15) is 0 Å². The minimum atomic E-state index is 0.298. The van der Waals surface area contributed by atoms with Gasteiger partial charge in [0.1, 0.15) is 4.60 Å². The normalized spacial score (nSPS) is 12.4. The average molecular weight is 332 g/mol. The van der Waals surface area contributed by atoms with Crippen LogP contribution in [-0.4, -0.2) is 4.98 Å². The lowest BCUT2D eigenvalue weighted by Crippen LogP contribution is -2.08. The number of nitrogens with zero attached hydrogens (tertiary/aromatic N) is 1. The van der Waals surface area contributed by atoms with Crippen LogP contribution in [0.5, 0.6) is 0 Å². The predicted octanol–water partition coefficient (Wildman–Crippen LogP) is 5.12. The van der Waals surface area contributed by atoms with Crippen molar-refractivity contribution in [2.45, 2.75) is 19.4 Å². The van der Waals surface area contributed by atoms with Gasteiger partial charge >= 0.3 is 0 Å². The molecule has 2 nitrogen and oxygen atoms in total. The van der Waals surface area contributed by atoms with Crippen molar-refractivity contribution in [2.75, 3.05) is 5.32 Å². The summed E-state index contributed by atoms with van der Waals surface area (Å²) in [7, 11) is 0. The molecule has 0 aliphatic rings. The third-order valence-electron chi connectivity index (χ3n) is 2.43. The minimum Gasteiger partial charge on any atom is -0.375 e. The van der Waals surface area contributed by atoms with Crippen molar-refractivity contribution in [1.82, 2.24) is 4.98 Å². The van der Waals surface area contributed by atoms with Crippen LogP contribution >= 0.6 is 38.9 Å². The van der Waals surface area contributed by atoms with E-state index >= 15 is 0 Å². The zero-order valence-corrected chi connectivity index (χ0v) is 12.4. The van der Waals surface area contributed by atoms with Gasteiger partial charge in [-0.1, -0.05) is 24.6 Å². The fraction of sp³-hybridized carbons (Fsp3) is 0.250. The van der Waals surface area contributed by atoms with Crippen LogP contribution in [-0.2, 0) is 0 Å². The Labute approximate surface area is 118 Å². The van der Waals surface area contributed by atoms with Gasteiger partial charge in [0.05, 0.1) is 16.8 Å². The molecule has 0 saturated carbocycles. The number of hydrogen-bond donors (Lipinski definition) is 1. The summed E-state index contributed by atoms with van der Waals surface area (Å²) in [6.07, 6.45) is 2.64. The first-order valence-electron chi connectivity index (χ1n) is 5.31. The topological polar surface area (TPSA) is 24.9 Å². The summed E-state index contributed by atoms with van der Waals surface area (Å²) in [5, 5.41) is 6.18. The van der Waals surface area contributed by atoms with Gasteiger partial charge in [-0.15, -0.1) is 11.3 Å². The van der Waals surface area contributed by atoms with Gasteiger partial charge in [0.25, 0.3) is 0 Å². The van der Waals surface area contributed by atoms with Crippen molar-refractivity contribution in [2.24, 2.45) is 0 Å². The highest BCUT2D eigenvalue weighted by atomic mass is 79.9. The molecule has 0 amide bonds. The van der Waals surface area contributed by atoms with Crippen molar-refractivity contribution in [3.8, 4) is 0 Å². The molecule has 1 unspecified atom stereocenters. The molecule has 0 radical (unpaired) electrons. The Kier molecular flexibility index (Phi) is 4.42. The summed E-state index contributed by atoms with van der Waals surface area (Å²) in [4.78, 5) is 5.49. The molecular formula is C12H12BrClN2S. The zero-order valence-electron chi connectivity index (χ0n) is 9.28. The Morgan fingerprint density at radius 3 is 3.06 bits per heavy atom. The highest BCUT2D eigenvalue weighted by Crippen LogP contribution is 2.30. The first-order chi connectivity index (χ1) is 8.20. The van der Waals surface area contributed by atoms with Crippen LogP contribution in [0.25, 0.3) is 0 Å². The molecule has 17 heavy (non-hydrogen) atoms. The standard InChI is InChI=1S/C12H12BrClN2S/c1-2-9(11-4-3-5-17-11)16-10-6-8(14)7-15-12(10)13/h3-7,9,16H,2H2,1H3. The molecule has 2 rings (SSSR count). The Morgan fingerprint density at radius 1 is 1.59 bits per heavy atom. The number of halogens is 2. The maximum Gasteiger partial charge on any atom is 0.129 e. The van der Waals surface area contributed by atoms with Crippen molar-refractivity contribution in [1.29, 1.82) is 0 Å². The predicted molar refractivity (Wildman–Crippen MR) is 77.9 cm³/mol. The Balaban J connectivity index is 2.21. The van der Waals surface area contributed by atoms with Gasteiger partial charge in [0.2, 0.25) is 0 Å². The van der Waals surface area contributed by atoms with E-state index in [0.717, 1.165) is 16.7 Å². The van der Waals surface area contributed by atoms with E-state index in [-0.39, 0.29) is 0 Å². The molecule has 0 fully saturated rings. The molecule has 2 heterocycles. The van der Waals surface area contributed by atoms with Crippen LogP contribution in [0.3, 0.4) is 0 Å². The molecule has 90 valence electrons. The molecule has 1 N–H and O–H groups in total. The summed E-state index contributed by atoms with van der Waals surface area (Å²) >= 11 is 11.1. The summed E-state index contributed by atoms with van der Waals surface area (Å²) in [6, 6.07) is 6.38. The Bertz CT molecular complexity index is 487. The van der Waals surface area contributed by atoms with E-state index in [1.54, 1.807) is 17.5 Å². The monoisotopic (exact) mass is 330 g/mol. The maximum absolute atomic E-state index is 5.95. The lowest BCUT2D eigenvalue weighted by Gasteiger charge is -2.17. The fourth-order valence-corrected chi connectivity index (χ4v) is 2.93. The number of rotatable bonds is 4. The quantitative estimate of drug-likeness (QED) is 0.786. The SMILES string of the molecule is CCC(Nc1cc(Cl)cnc1Br)c1cccs1.